The van der Waals surface area contributed by atoms with E-state index in [2.05, 4.69) is 10.4 Å². The van der Waals surface area contributed by atoms with Crippen LogP contribution in [0.1, 0.15) is 13.0 Å². The maximum Gasteiger partial charge on any atom is 0.256 e. The second kappa shape index (κ2) is 3.70. The molecule has 1 aromatic carbocycles. The first-order valence-corrected chi connectivity index (χ1v) is 4.66. The maximum absolute atomic E-state index is 11.4. The smallest absolute Gasteiger partial charge is 0.256 e. The highest BCUT2D eigenvalue weighted by Crippen LogP contribution is 2.16. The van der Waals surface area contributed by atoms with Gasteiger partial charge in [-0.15, -0.1) is 0 Å². The molecule has 3 N–H and O–H groups in total. The molecule has 0 fully saturated rings. The predicted octanol–water partition coefficient (Wildman–Crippen LogP) is 0.587. The van der Waals surface area contributed by atoms with Gasteiger partial charge >= 0.3 is 0 Å². The van der Waals surface area contributed by atoms with Crippen LogP contribution in [0.3, 0.4) is 0 Å². The SMILES string of the molecule is C[C@H](C(=O)NN)n1cnc2ccccc21. The quantitative estimate of drug-likeness (QED) is 0.427. The van der Waals surface area contributed by atoms with Gasteiger partial charge in [0, 0.05) is 0 Å². The fourth-order valence-electron chi connectivity index (χ4n) is 1.53. The van der Waals surface area contributed by atoms with E-state index in [1.165, 1.54) is 0 Å². The van der Waals surface area contributed by atoms with E-state index in [1.54, 1.807) is 17.8 Å². The molecule has 15 heavy (non-hydrogen) atoms. The van der Waals surface area contributed by atoms with Crippen LogP contribution >= 0.6 is 0 Å². The van der Waals surface area contributed by atoms with Crippen LogP contribution in [0.5, 0.6) is 0 Å². The van der Waals surface area contributed by atoms with Crippen molar-refractivity contribution >= 4 is 16.9 Å². The number of imidazole rings is 1. The summed E-state index contributed by atoms with van der Waals surface area (Å²) in [6.07, 6.45) is 1.64. The van der Waals surface area contributed by atoms with Gasteiger partial charge in [-0.25, -0.2) is 10.8 Å². The van der Waals surface area contributed by atoms with Crippen molar-refractivity contribution in [1.29, 1.82) is 0 Å². The normalized spacial score (nSPS) is 12.7. The van der Waals surface area contributed by atoms with Gasteiger partial charge in [0.1, 0.15) is 6.04 Å². The van der Waals surface area contributed by atoms with Crippen molar-refractivity contribution in [1.82, 2.24) is 15.0 Å². The first kappa shape index (κ1) is 9.67. The molecule has 0 aliphatic rings. The Morgan fingerprint density at radius 2 is 2.27 bits per heavy atom. The van der Waals surface area contributed by atoms with Crippen molar-refractivity contribution in [3.05, 3.63) is 30.6 Å². The number of carbonyl (C=O) groups excluding carboxylic acids is 1. The van der Waals surface area contributed by atoms with Crippen LogP contribution < -0.4 is 11.3 Å². The first-order valence-electron chi connectivity index (χ1n) is 4.66. The number of hydrazine groups is 1. The molecule has 0 radical (unpaired) electrons. The summed E-state index contributed by atoms with van der Waals surface area (Å²) in [5.41, 5.74) is 3.92. The first-order chi connectivity index (χ1) is 7.24. The zero-order chi connectivity index (χ0) is 10.8. The topological polar surface area (TPSA) is 72.9 Å². The van der Waals surface area contributed by atoms with Crippen LogP contribution in [0.15, 0.2) is 30.6 Å². The lowest BCUT2D eigenvalue weighted by Crippen LogP contribution is -2.35. The summed E-state index contributed by atoms with van der Waals surface area (Å²) in [5, 5.41) is 0. The predicted molar refractivity (Wildman–Crippen MR) is 56.8 cm³/mol. The number of nitrogens with one attached hydrogen (secondary N) is 1. The number of hydrogen-bond acceptors (Lipinski definition) is 3. The van der Waals surface area contributed by atoms with E-state index >= 15 is 0 Å². The van der Waals surface area contributed by atoms with Gasteiger partial charge in [0.25, 0.3) is 5.91 Å². The molecule has 0 aliphatic heterocycles. The largest absolute Gasteiger partial charge is 0.318 e. The number of nitrogens with zero attached hydrogens (tertiary/aromatic N) is 2. The zero-order valence-electron chi connectivity index (χ0n) is 8.34. The number of aromatic nitrogens is 2. The molecule has 0 unspecified atom stereocenters. The number of rotatable bonds is 2. The molecular formula is C10H12N4O. The van der Waals surface area contributed by atoms with E-state index in [4.69, 9.17) is 5.84 Å². The molecule has 78 valence electrons. The number of carbonyl (C=O) groups is 1. The summed E-state index contributed by atoms with van der Waals surface area (Å²) >= 11 is 0. The molecule has 0 aliphatic carbocycles. The van der Waals surface area contributed by atoms with Crippen molar-refractivity contribution < 1.29 is 4.79 Å². The van der Waals surface area contributed by atoms with Crippen LogP contribution in [-0.4, -0.2) is 15.5 Å². The Hall–Kier alpha value is -1.88. The molecule has 1 aromatic heterocycles. The monoisotopic (exact) mass is 204 g/mol. The third-order valence-electron chi connectivity index (χ3n) is 2.42. The van der Waals surface area contributed by atoms with E-state index < -0.39 is 0 Å². The lowest BCUT2D eigenvalue weighted by atomic mass is 10.2. The minimum Gasteiger partial charge on any atom is -0.318 e. The lowest BCUT2D eigenvalue weighted by Gasteiger charge is -2.11. The average Bonchev–Trinajstić information content (AvgIpc) is 2.70. The van der Waals surface area contributed by atoms with Crippen molar-refractivity contribution in [3.8, 4) is 0 Å². The zero-order valence-corrected chi connectivity index (χ0v) is 8.34. The van der Waals surface area contributed by atoms with Gasteiger partial charge in [-0.1, -0.05) is 12.1 Å². The Morgan fingerprint density at radius 1 is 1.53 bits per heavy atom. The standard InChI is InChI=1S/C10H12N4O/c1-7(10(15)13-11)14-6-12-8-4-2-3-5-9(8)14/h2-7H,11H2,1H3,(H,13,15)/t7-/m1/s1. The fourth-order valence-corrected chi connectivity index (χ4v) is 1.53. The summed E-state index contributed by atoms with van der Waals surface area (Å²) in [4.78, 5) is 15.6. The van der Waals surface area contributed by atoms with E-state index in [0.717, 1.165) is 11.0 Å². The van der Waals surface area contributed by atoms with Crippen molar-refractivity contribution in [2.75, 3.05) is 0 Å². The van der Waals surface area contributed by atoms with Gasteiger partial charge in [0.2, 0.25) is 0 Å². The molecule has 2 aromatic rings. The Labute approximate surface area is 86.9 Å². The Bertz CT molecular complexity index is 491. The maximum atomic E-state index is 11.4. The number of benzene rings is 1. The molecule has 0 saturated heterocycles. The number of amides is 1. The van der Waals surface area contributed by atoms with Crippen molar-refractivity contribution in [2.24, 2.45) is 5.84 Å². The van der Waals surface area contributed by atoms with E-state index in [-0.39, 0.29) is 11.9 Å². The lowest BCUT2D eigenvalue weighted by molar-refractivity contribution is -0.123. The molecule has 0 saturated carbocycles. The van der Waals surface area contributed by atoms with Gasteiger partial charge in [0.05, 0.1) is 17.4 Å². The number of para-hydroxylation sites is 2. The summed E-state index contributed by atoms with van der Waals surface area (Å²) in [6.45, 7) is 1.77. The Kier molecular flexibility index (Phi) is 2.39. The highest BCUT2D eigenvalue weighted by Gasteiger charge is 2.15. The van der Waals surface area contributed by atoms with Crippen LogP contribution in [0.4, 0.5) is 0 Å². The second-order valence-corrected chi connectivity index (χ2v) is 3.33. The van der Waals surface area contributed by atoms with Gasteiger partial charge < -0.3 is 4.57 Å². The van der Waals surface area contributed by atoms with E-state index in [9.17, 15) is 4.79 Å². The molecular weight excluding hydrogens is 192 g/mol. The summed E-state index contributed by atoms with van der Waals surface area (Å²) in [5.74, 6) is 4.85. The average molecular weight is 204 g/mol. The number of nitrogens with two attached hydrogens (primary N) is 1. The fraction of sp³-hybridized carbons (Fsp3) is 0.200. The Morgan fingerprint density at radius 3 is 3.00 bits per heavy atom. The van der Waals surface area contributed by atoms with Gasteiger partial charge in [-0.3, -0.25) is 10.2 Å². The summed E-state index contributed by atoms with van der Waals surface area (Å²) in [6, 6.07) is 7.28. The van der Waals surface area contributed by atoms with Gasteiger partial charge in [0.15, 0.2) is 0 Å². The molecule has 1 atom stereocenters. The molecule has 0 bridgehead atoms. The minimum atomic E-state index is -0.359. The number of fused-ring (bicyclic) bond motifs is 1. The number of hydrogen-bond donors (Lipinski definition) is 2. The molecule has 2 rings (SSSR count). The van der Waals surface area contributed by atoms with Crippen LogP contribution in [-0.2, 0) is 4.79 Å². The molecule has 5 heteroatoms. The minimum absolute atomic E-state index is 0.238. The molecule has 1 amide bonds. The van der Waals surface area contributed by atoms with E-state index in [0.29, 0.717) is 0 Å². The van der Waals surface area contributed by atoms with Crippen LogP contribution in [0.2, 0.25) is 0 Å². The second-order valence-electron chi connectivity index (χ2n) is 3.33. The third kappa shape index (κ3) is 1.57. The van der Waals surface area contributed by atoms with Crippen molar-refractivity contribution in [3.63, 3.8) is 0 Å². The van der Waals surface area contributed by atoms with E-state index in [1.807, 2.05) is 24.3 Å². The van der Waals surface area contributed by atoms with Crippen LogP contribution in [0, 0.1) is 0 Å². The Balaban J connectivity index is 2.48. The summed E-state index contributed by atoms with van der Waals surface area (Å²) in [7, 11) is 0. The van der Waals surface area contributed by atoms with Crippen LogP contribution in [0.25, 0.3) is 11.0 Å². The summed E-state index contributed by atoms with van der Waals surface area (Å²) < 4.78 is 1.79. The highest BCUT2D eigenvalue weighted by atomic mass is 16.2. The third-order valence-corrected chi connectivity index (χ3v) is 2.42. The molecule has 5 nitrogen and oxygen atoms in total. The highest BCUT2D eigenvalue weighted by molar-refractivity contribution is 5.83. The molecule has 0 spiro atoms. The van der Waals surface area contributed by atoms with Crippen molar-refractivity contribution in [2.45, 2.75) is 13.0 Å². The molecule has 1 heterocycles. The van der Waals surface area contributed by atoms with Gasteiger partial charge in [-0.05, 0) is 19.1 Å². The van der Waals surface area contributed by atoms with Gasteiger partial charge in [-0.2, -0.15) is 0 Å².